The lowest BCUT2D eigenvalue weighted by Gasteiger charge is -2.29. The number of aryl methyl sites for hydroxylation is 1. The van der Waals surface area contributed by atoms with Gasteiger partial charge in [0, 0.05) is 25.2 Å². The molecule has 2 aromatic carbocycles. The zero-order chi connectivity index (χ0) is 22.4. The van der Waals surface area contributed by atoms with E-state index in [4.69, 9.17) is 5.21 Å². The average Bonchev–Trinajstić information content (AvgIpc) is 3.17. The quantitative estimate of drug-likeness (QED) is 0.336. The number of fused-ring (bicyclic) bond motifs is 1. The van der Waals surface area contributed by atoms with Gasteiger partial charge in [-0.25, -0.2) is 5.48 Å². The molecule has 1 atom stereocenters. The number of alkyl halides is 3. The first-order chi connectivity index (χ1) is 14.8. The van der Waals surface area contributed by atoms with Gasteiger partial charge in [0.1, 0.15) is 0 Å². The van der Waals surface area contributed by atoms with Gasteiger partial charge in [-0.05, 0) is 53.7 Å². The van der Waals surface area contributed by atoms with Gasteiger partial charge >= 0.3 is 6.18 Å². The molecule has 1 amide bonds. The summed E-state index contributed by atoms with van der Waals surface area (Å²) in [4.78, 5) is 13.3. The van der Waals surface area contributed by atoms with Crippen LogP contribution in [0.25, 0.3) is 6.08 Å². The summed E-state index contributed by atoms with van der Waals surface area (Å²) >= 11 is 0. The van der Waals surface area contributed by atoms with Crippen molar-refractivity contribution in [2.24, 2.45) is 0 Å². The van der Waals surface area contributed by atoms with Gasteiger partial charge in [-0.3, -0.25) is 14.9 Å². The van der Waals surface area contributed by atoms with Crippen LogP contribution in [0.1, 0.15) is 40.3 Å². The van der Waals surface area contributed by atoms with Gasteiger partial charge in [-0.15, -0.1) is 0 Å². The summed E-state index contributed by atoms with van der Waals surface area (Å²) in [5.74, 6) is -0.609. The largest absolute Gasteiger partial charge is 0.416 e. The maximum atomic E-state index is 13.0. The maximum Gasteiger partial charge on any atom is 0.416 e. The smallest absolute Gasteiger partial charge is 0.395 e. The van der Waals surface area contributed by atoms with Crippen LogP contribution in [-0.2, 0) is 23.8 Å². The van der Waals surface area contributed by atoms with Crippen molar-refractivity contribution in [2.75, 3.05) is 19.7 Å². The molecule has 8 heteroatoms. The number of carbonyl (C=O) groups excluding carboxylic acids is 1. The molecule has 0 aliphatic heterocycles. The highest BCUT2D eigenvalue weighted by atomic mass is 19.4. The van der Waals surface area contributed by atoms with E-state index in [1.807, 2.05) is 18.2 Å². The van der Waals surface area contributed by atoms with Gasteiger partial charge in [-0.2, -0.15) is 13.2 Å². The van der Waals surface area contributed by atoms with E-state index in [1.54, 1.807) is 17.6 Å². The number of halogens is 3. The number of hydroxylamine groups is 1. The van der Waals surface area contributed by atoms with E-state index in [0.717, 1.165) is 35.6 Å². The Morgan fingerprint density at radius 2 is 2.00 bits per heavy atom. The van der Waals surface area contributed by atoms with E-state index in [-0.39, 0.29) is 12.6 Å². The molecule has 1 aliphatic carbocycles. The number of aliphatic hydroxyl groups is 1. The lowest BCUT2D eigenvalue weighted by Crippen LogP contribution is -2.32. The Bertz CT molecular complexity index is 944. The fourth-order valence-electron chi connectivity index (χ4n) is 4.03. The molecule has 1 unspecified atom stereocenters. The van der Waals surface area contributed by atoms with Gasteiger partial charge in [-0.1, -0.05) is 36.4 Å². The van der Waals surface area contributed by atoms with Crippen LogP contribution in [0.15, 0.2) is 48.5 Å². The van der Waals surface area contributed by atoms with Gasteiger partial charge in [0.2, 0.25) is 0 Å². The minimum absolute atomic E-state index is 0.0362. The zero-order valence-electron chi connectivity index (χ0n) is 16.9. The molecule has 3 rings (SSSR count). The van der Waals surface area contributed by atoms with Crippen molar-refractivity contribution < 1.29 is 28.3 Å². The number of carbonyl (C=O) groups is 1. The van der Waals surface area contributed by atoms with Crippen molar-refractivity contribution in [2.45, 2.75) is 31.5 Å². The third kappa shape index (κ3) is 5.94. The predicted molar refractivity (Wildman–Crippen MR) is 110 cm³/mol. The van der Waals surface area contributed by atoms with Crippen LogP contribution in [-0.4, -0.2) is 40.8 Å². The van der Waals surface area contributed by atoms with E-state index in [2.05, 4.69) is 4.90 Å². The van der Waals surface area contributed by atoms with Crippen LogP contribution in [0, 0.1) is 0 Å². The number of nitrogens with one attached hydrogen (secondary N) is 1. The summed E-state index contributed by atoms with van der Waals surface area (Å²) < 4.78 is 38.9. The molecule has 0 saturated carbocycles. The molecule has 0 heterocycles. The monoisotopic (exact) mass is 434 g/mol. The second-order valence-corrected chi connectivity index (χ2v) is 7.53. The van der Waals surface area contributed by atoms with E-state index < -0.39 is 17.6 Å². The lowest BCUT2D eigenvalue weighted by atomic mass is 10.0. The Hall–Kier alpha value is -2.68. The molecular formula is C23H25F3N2O3. The Morgan fingerprint density at radius 1 is 1.19 bits per heavy atom. The number of aliphatic hydroxyl groups excluding tert-OH is 1. The van der Waals surface area contributed by atoms with E-state index in [1.165, 1.54) is 18.2 Å². The Labute approximate surface area is 178 Å². The van der Waals surface area contributed by atoms with Crippen LogP contribution in [0.3, 0.4) is 0 Å². The first kappa shape index (κ1) is 23.0. The van der Waals surface area contributed by atoms with Crippen molar-refractivity contribution >= 4 is 12.0 Å². The van der Waals surface area contributed by atoms with Crippen molar-refractivity contribution in [3.05, 3.63) is 76.4 Å². The highest BCUT2D eigenvalue weighted by Gasteiger charge is 2.31. The number of hydrogen-bond donors (Lipinski definition) is 3. The van der Waals surface area contributed by atoms with Gasteiger partial charge in [0.05, 0.1) is 12.2 Å². The third-order valence-corrected chi connectivity index (χ3v) is 5.52. The molecule has 0 spiro atoms. The summed E-state index contributed by atoms with van der Waals surface area (Å²) in [6, 6.07) is 11.3. The molecule has 0 saturated heterocycles. The summed E-state index contributed by atoms with van der Waals surface area (Å²) in [6.45, 7) is 0.928. The SMILES string of the molecule is O=C(/C=C/c1ccc2c(c1)CCC2N(CCO)CCc1cccc(C(F)(F)F)c1)NO. The van der Waals surface area contributed by atoms with Crippen molar-refractivity contribution in [1.29, 1.82) is 0 Å². The molecule has 0 aromatic heterocycles. The van der Waals surface area contributed by atoms with Gasteiger partial charge in [0.15, 0.2) is 0 Å². The van der Waals surface area contributed by atoms with Crippen LogP contribution < -0.4 is 5.48 Å². The molecule has 3 N–H and O–H groups in total. The Morgan fingerprint density at radius 3 is 2.71 bits per heavy atom. The molecule has 0 fully saturated rings. The molecule has 5 nitrogen and oxygen atoms in total. The predicted octanol–water partition coefficient (Wildman–Crippen LogP) is 3.75. The number of hydrogen-bond acceptors (Lipinski definition) is 4. The minimum Gasteiger partial charge on any atom is -0.395 e. The minimum atomic E-state index is -4.37. The van der Waals surface area contributed by atoms with Gasteiger partial charge < -0.3 is 5.11 Å². The fourth-order valence-corrected chi connectivity index (χ4v) is 4.03. The van der Waals surface area contributed by atoms with E-state index in [9.17, 15) is 23.1 Å². The maximum absolute atomic E-state index is 13.0. The van der Waals surface area contributed by atoms with Crippen molar-refractivity contribution in [1.82, 2.24) is 10.4 Å². The number of amides is 1. The second kappa shape index (κ2) is 10.1. The lowest BCUT2D eigenvalue weighted by molar-refractivity contribution is -0.137. The molecule has 166 valence electrons. The Kier molecular flexibility index (Phi) is 7.48. The molecule has 0 radical (unpaired) electrons. The van der Waals surface area contributed by atoms with Crippen molar-refractivity contribution in [3.63, 3.8) is 0 Å². The standard InChI is InChI=1S/C23H25F3N2O3/c24-23(25,26)19-3-1-2-16(15-19)10-11-28(12-13-29)21-8-6-18-14-17(4-7-20(18)21)5-9-22(30)27-31/h1-5,7,9,14-15,21,29,31H,6,8,10-13H2,(H,27,30)/b9-5+. The van der Waals surface area contributed by atoms with Crippen LogP contribution in [0.4, 0.5) is 13.2 Å². The number of benzene rings is 2. The molecular weight excluding hydrogens is 409 g/mol. The first-order valence-electron chi connectivity index (χ1n) is 10.1. The van der Waals surface area contributed by atoms with E-state index >= 15 is 0 Å². The summed E-state index contributed by atoms with van der Waals surface area (Å²) in [6.07, 6.45) is 0.614. The van der Waals surface area contributed by atoms with Crippen LogP contribution in [0.2, 0.25) is 0 Å². The Balaban J connectivity index is 1.72. The van der Waals surface area contributed by atoms with Crippen molar-refractivity contribution in [3.8, 4) is 0 Å². The normalized spacial score (nSPS) is 16.1. The molecule has 0 bridgehead atoms. The highest BCUT2D eigenvalue weighted by molar-refractivity contribution is 5.90. The third-order valence-electron chi connectivity index (χ3n) is 5.52. The van der Waals surface area contributed by atoms with Crippen LogP contribution in [0.5, 0.6) is 0 Å². The highest BCUT2D eigenvalue weighted by Crippen LogP contribution is 2.36. The second-order valence-electron chi connectivity index (χ2n) is 7.53. The van der Waals surface area contributed by atoms with Gasteiger partial charge in [0.25, 0.3) is 5.91 Å². The summed E-state index contributed by atoms with van der Waals surface area (Å²) in [7, 11) is 0. The topological polar surface area (TPSA) is 72.8 Å². The average molecular weight is 434 g/mol. The summed E-state index contributed by atoms with van der Waals surface area (Å²) in [5, 5.41) is 18.1. The molecule has 1 aliphatic rings. The summed E-state index contributed by atoms with van der Waals surface area (Å²) in [5.41, 5.74) is 4.60. The van der Waals surface area contributed by atoms with Crippen LogP contribution >= 0.6 is 0 Å². The number of rotatable bonds is 8. The fraction of sp³-hybridized carbons (Fsp3) is 0.348. The number of nitrogens with zero attached hydrogens (tertiary/aromatic N) is 1. The molecule has 31 heavy (non-hydrogen) atoms. The molecule has 2 aromatic rings. The zero-order valence-corrected chi connectivity index (χ0v) is 16.9. The van der Waals surface area contributed by atoms with E-state index in [0.29, 0.717) is 25.1 Å². The first-order valence-corrected chi connectivity index (χ1v) is 10.1.